The lowest BCUT2D eigenvalue weighted by molar-refractivity contribution is 0.0910. The molecule has 0 bridgehead atoms. The smallest absolute Gasteiger partial charge is 0.183 e. The highest BCUT2D eigenvalue weighted by Gasteiger charge is 2.40. The van der Waals surface area contributed by atoms with Crippen molar-refractivity contribution in [2.45, 2.75) is 12.5 Å². The fraction of sp³-hybridized carbons (Fsp3) is 0.357. The van der Waals surface area contributed by atoms with E-state index in [2.05, 4.69) is 15.6 Å². The molecule has 1 aromatic carbocycles. The van der Waals surface area contributed by atoms with E-state index in [1.165, 1.54) is 0 Å². The molecule has 1 fully saturated rings. The Balaban J connectivity index is 1.87. The average Bonchev–Trinajstić information content (AvgIpc) is 3.05. The topological polar surface area (TPSA) is 59.8 Å². The summed E-state index contributed by atoms with van der Waals surface area (Å²) >= 11 is 0. The summed E-state index contributed by atoms with van der Waals surface area (Å²) in [4.78, 5) is 12.4. The minimum atomic E-state index is 0.161. The number of fused-ring (bicyclic) bond motifs is 3. The Morgan fingerprint density at radius 1 is 1.21 bits per heavy atom. The first-order valence-corrected chi connectivity index (χ1v) is 6.59. The van der Waals surface area contributed by atoms with Crippen molar-refractivity contribution in [2.24, 2.45) is 5.92 Å². The first-order chi connectivity index (χ1) is 9.34. The molecule has 1 N–H and O–H groups in total. The summed E-state index contributed by atoms with van der Waals surface area (Å²) in [6.07, 6.45) is 0.602. The van der Waals surface area contributed by atoms with Crippen molar-refractivity contribution in [1.82, 2.24) is 20.3 Å². The zero-order valence-corrected chi connectivity index (χ0v) is 10.4. The van der Waals surface area contributed by atoms with Crippen LogP contribution >= 0.6 is 0 Å². The predicted octanol–water partition coefficient (Wildman–Crippen LogP) is 1.29. The van der Waals surface area contributed by atoms with Crippen LogP contribution in [0.3, 0.4) is 0 Å². The molecule has 0 amide bonds. The molecule has 4 rings (SSSR count). The number of carbonyl (C=O) groups is 1. The second-order valence-electron chi connectivity index (χ2n) is 5.21. The van der Waals surface area contributed by atoms with Crippen LogP contribution in [0.4, 0.5) is 0 Å². The van der Waals surface area contributed by atoms with Crippen LogP contribution < -0.4 is 5.32 Å². The summed E-state index contributed by atoms with van der Waals surface area (Å²) in [7, 11) is 0. The molecule has 5 heteroatoms. The Bertz CT molecular complexity index is 634. The highest BCUT2D eigenvalue weighted by atomic mass is 16.1. The fourth-order valence-corrected chi connectivity index (χ4v) is 3.12. The van der Waals surface area contributed by atoms with Gasteiger partial charge in [-0.05, 0) is 0 Å². The molecular weight excluding hydrogens is 240 g/mol. The summed E-state index contributed by atoms with van der Waals surface area (Å²) in [5.74, 6) is 0.527. The second-order valence-corrected chi connectivity index (χ2v) is 5.21. The van der Waals surface area contributed by atoms with Crippen LogP contribution in [0.1, 0.15) is 23.0 Å². The Morgan fingerprint density at radius 3 is 2.89 bits per heavy atom. The molecule has 2 aromatic rings. The third-order valence-electron chi connectivity index (χ3n) is 4.07. The molecule has 3 heterocycles. The van der Waals surface area contributed by atoms with Crippen LogP contribution in [-0.2, 0) is 0 Å². The molecule has 2 aliphatic heterocycles. The van der Waals surface area contributed by atoms with Gasteiger partial charge in [0.25, 0.3) is 0 Å². The molecule has 0 radical (unpaired) electrons. The number of ketones is 1. The van der Waals surface area contributed by atoms with Gasteiger partial charge < -0.3 is 5.32 Å². The van der Waals surface area contributed by atoms with Gasteiger partial charge in [0.15, 0.2) is 5.78 Å². The number of rotatable bonds is 1. The number of carbonyl (C=O) groups excluding carboxylic acids is 1. The monoisotopic (exact) mass is 254 g/mol. The fourth-order valence-electron chi connectivity index (χ4n) is 3.12. The standard InChI is InChI=1S/C14H14N4O/c19-12-6-10-7-15-8-11(10)18-14(12)13(16-17-18)9-4-2-1-3-5-9/h1-5,10-11,15H,6-8H2/t10-,11+/m0/s1. The number of Topliss-reactive ketones (excluding diaryl/α,β-unsaturated/α-hetero) is 1. The van der Waals surface area contributed by atoms with Crippen LogP contribution in [0.15, 0.2) is 30.3 Å². The van der Waals surface area contributed by atoms with E-state index in [0.29, 0.717) is 18.0 Å². The van der Waals surface area contributed by atoms with Crippen molar-refractivity contribution in [3.8, 4) is 11.3 Å². The van der Waals surface area contributed by atoms with E-state index >= 15 is 0 Å². The summed E-state index contributed by atoms with van der Waals surface area (Å²) < 4.78 is 1.83. The predicted molar refractivity (Wildman–Crippen MR) is 69.8 cm³/mol. The lowest BCUT2D eigenvalue weighted by Gasteiger charge is -2.24. The van der Waals surface area contributed by atoms with Gasteiger partial charge in [-0.15, -0.1) is 5.10 Å². The molecule has 0 unspecified atom stereocenters. The molecule has 0 aliphatic carbocycles. The summed E-state index contributed by atoms with van der Waals surface area (Å²) in [6.45, 7) is 1.78. The van der Waals surface area contributed by atoms with Gasteiger partial charge in [0, 0.05) is 31.0 Å². The lowest BCUT2D eigenvalue weighted by Crippen LogP contribution is -2.30. The Kier molecular flexibility index (Phi) is 2.29. The molecule has 2 atom stereocenters. The largest absolute Gasteiger partial charge is 0.314 e. The summed E-state index contributed by atoms with van der Waals surface area (Å²) in [5, 5.41) is 11.8. The first kappa shape index (κ1) is 10.9. The van der Waals surface area contributed by atoms with Crippen molar-refractivity contribution in [3.05, 3.63) is 36.0 Å². The Morgan fingerprint density at radius 2 is 2.05 bits per heavy atom. The zero-order valence-electron chi connectivity index (χ0n) is 10.4. The van der Waals surface area contributed by atoms with E-state index in [1.807, 2.05) is 35.0 Å². The van der Waals surface area contributed by atoms with Crippen molar-refractivity contribution < 1.29 is 4.79 Å². The van der Waals surface area contributed by atoms with Gasteiger partial charge in [-0.25, -0.2) is 4.68 Å². The Hall–Kier alpha value is -2.01. The molecule has 1 saturated heterocycles. The maximum atomic E-state index is 12.4. The SMILES string of the molecule is O=C1C[C@H]2CNC[C@H]2n2nnc(-c3ccccc3)c21. The van der Waals surface area contributed by atoms with E-state index in [-0.39, 0.29) is 11.8 Å². The van der Waals surface area contributed by atoms with E-state index < -0.39 is 0 Å². The first-order valence-electron chi connectivity index (χ1n) is 6.59. The highest BCUT2D eigenvalue weighted by molar-refractivity contribution is 6.00. The molecule has 5 nitrogen and oxygen atoms in total. The quantitative estimate of drug-likeness (QED) is 0.833. The van der Waals surface area contributed by atoms with E-state index in [0.717, 1.165) is 24.3 Å². The number of benzene rings is 1. The highest BCUT2D eigenvalue weighted by Crippen LogP contribution is 2.35. The van der Waals surface area contributed by atoms with Gasteiger partial charge in [0.05, 0.1) is 6.04 Å². The average molecular weight is 254 g/mol. The molecule has 96 valence electrons. The number of nitrogens with one attached hydrogen (secondary N) is 1. The van der Waals surface area contributed by atoms with Crippen LogP contribution in [0.2, 0.25) is 0 Å². The minimum Gasteiger partial charge on any atom is -0.314 e. The zero-order chi connectivity index (χ0) is 12.8. The number of hydrogen-bond acceptors (Lipinski definition) is 4. The second kappa shape index (κ2) is 3.99. The summed E-state index contributed by atoms with van der Waals surface area (Å²) in [6, 6.07) is 10.1. The van der Waals surface area contributed by atoms with E-state index in [9.17, 15) is 4.79 Å². The maximum absolute atomic E-state index is 12.4. The van der Waals surface area contributed by atoms with Gasteiger partial charge in [-0.2, -0.15) is 0 Å². The molecule has 1 aromatic heterocycles. The van der Waals surface area contributed by atoms with Crippen LogP contribution in [-0.4, -0.2) is 33.9 Å². The van der Waals surface area contributed by atoms with Crippen molar-refractivity contribution in [1.29, 1.82) is 0 Å². The van der Waals surface area contributed by atoms with Crippen molar-refractivity contribution in [3.63, 3.8) is 0 Å². The maximum Gasteiger partial charge on any atom is 0.183 e. The lowest BCUT2D eigenvalue weighted by atomic mass is 9.90. The number of hydrogen-bond donors (Lipinski definition) is 1. The van der Waals surface area contributed by atoms with Gasteiger partial charge in [0.1, 0.15) is 11.4 Å². The molecular formula is C14H14N4O. The normalized spacial score (nSPS) is 25.2. The molecule has 2 aliphatic rings. The van der Waals surface area contributed by atoms with Crippen molar-refractivity contribution >= 4 is 5.78 Å². The van der Waals surface area contributed by atoms with E-state index in [1.54, 1.807) is 0 Å². The van der Waals surface area contributed by atoms with Gasteiger partial charge in [0.2, 0.25) is 0 Å². The Labute approximate surface area is 110 Å². The van der Waals surface area contributed by atoms with Gasteiger partial charge in [-0.1, -0.05) is 35.5 Å². The van der Waals surface area contributed by atoms with Crippen molar-refractivity contribution in [2.75, 3.05) is 13.1 Å². The van der Waals surface area contributed by atoms with Crippen LogP contribution in [0, 0.1) is 5.92 Å². The van der Waals surface area contributed by atoms with E-state index in [4.69, 9.17) is 0 Å². The number of nitrogens with zero attached hydrogens (tertiary/aromatic N) is 3. The van der Waals surface area contributed by atoms with Crippen LogP contribution in [0.5, 0.6) is 0 Å². The number of aromatic nitrogens is 3. The van der Waals surface area contributed by atoms with Gasteiger partial charge in [-0.3, -0.25) is 4.79 Å². The molecule has 0 saturated carbocycles. The third-order valence-corrected chi connectivity index (χ3v) is 4.07. The van der Waals surface area contributed by atoms with Gasteiger partial charge >= 0.3 is 0 Å². The minimum absolute atomic E-state index is 0.161. The molecule has 0 spiro atoms. The summed E-state index contributed by atoms with van der Waals surface area (Å²) in [5.41, 5.74) is 2.36. The molecule has 19 heavy (non-hydrogen) atoms. The van der Waals surface area contributed by atoms with Crippen LogP contribution in [0.25, 0.3) is 11.3 Å². The third kappa shape index (κ3) is 1.55.